The first kappa shape index (κ1) is 16.4. The van der Waals surface area contributed by atoms with Crippen LogP contribution in [0, 0.1) is 6.92 Å². The lowest BCUT2D eigenvalue weighted by Gasteiger charge is -2.28. The van der Waals surface area contributed by atoms with Crippen molar-refractivity contribution in [3.63, 3.8) is 0 Å². The monoisotopic (exact) mass is 311 g/mol. The Bertz CT molecular complexity index is 549. The normalized spacial score (nSPS) is 18.3. The molecule has 21 heavy (non-hydrogen) atoms. The minimum absolute atomic E-state index is 0.0998. The smallest absolute Gasteiger partial charge is 0.278 e. The molecule has 1 aromatic rings. The second-order valence-electron chi connectivity index (χ2n) is 5.81. The average Bonchev–Trinajstić information content (AvgIpc) is 2.94. The van der Waals surface area contributed by atoms with E-state index < -0.39 is 10.2 Å². The van der Waals surface area contributed by atoms with Crippen molar-refractivity contribution in [2.75, 3.05) is 33.7 Å². The first-order chi connectivity index (χ1) is 9.90. The van der Waals surface area contributed by atoms with Crippen LogP contribution >= 0.6 is 0 Å². The summed E-state index contributed by atoms with van der Waals surface area (Å²) in [4.78, 5) is 2.36. The second kappa shape index (κ2) is 6.87. The van der Waals surface area contributed by atoms with E-state index in [1.165, 1.54) is 28.3 Å². The lowest BCUT2D eigenvalue weighted by molar-refractivity contribution is 0.245. The molecule has 1 atom stereocenters. The van der Waals surface area contributed by atoms with E-state index >= 15 is 0 Å². The fourth-order valence-electron chi connectivity index (χ4n) is 2.61. The van der Waals surface area contributed by atoms with Gasteiger partial charge in [0.2, 0.25) is 0 Å². The topological polar surface area (TPSA) is 52.7 Å². The largest absolute Gasteiger partial charge is 0.295 e. The molecule has 0 bridgehead atoms. The van der Waals surface area contributed by atoms with Gasteiger partial charge in [0.15, 0.2) is 0 Å². The first-order valence-corrected chi connectivity index (χ1v) is 8.82. The maximum atomic E-state index is 11.9. The summed E-state index contributed by atoms with van der Waals surface area (Å²) < 4.78 is 27.8. The molecular formula is C15H25N3O2S. The zero-order valence-corrected chi connectivity index (χ0v) is 13.9. The molecule has 0 amide bonds. The molecule has 1 saturated heterocycles. The lowest BCUT2D eigenvalue weighted by atomic mass is 10.0. The first-order valence-electron chi connectivity index (χ1n) is 7.38. The number of rotatable bonds is 6. The van der Waals surface area contributed by atoms with Crippen LogP contribution in [0.25, 0.3) is 0 Å². The maximum absolute atomic E-state index is 11.9. The van der Waals surface area contributed by atoms with E-state index in [9.17, 15) is 8.42 Å². The Labute approximate surface area is 128 Å². The third kappa shape index (κ3) is 4.26. The number of nitrogens with one attached hydrogen (secondary N) is 1. The van der Waals surface area contributed by atoms with Crippen LogP contribution < -0.4 is 4.72 Å². The van der Waals surface area contributed by atoms with Gasteiger partial charge < -0.3 is 0 Å². The minimum atomic E-state index is -3.38. The van der Waals surface area contributed by atoms with Crippen molar-refractivity contribution in [2.45, 2.75) is 25.8 Å². The van der Waals surface area contributed by atoms with E-state index in [4.69, 9.17) is 0 Å². The highest BCUT2D eigenvalue weighted by Crippen LogP contribution is 2.25. The highest BCUT2D eigenvalue weighted by atomic mass is 32.2. The van der Waals surface area contributed by atoms with E-state index in [0.717, 1.165) is 13.1 Å². The summed E-state index contributed by atoms with van der Waals surface area (Å²) in [6.07, 6.45) is 2.37. The molecule has 0 spiro atoms. The van der Waals surface area contributed by atoms with E-state index in [1.807, 2.05) is 0 Å². The van der Waals surface area contributed by atoms with E-state index in [-0.39, 0.29) is 6.04 Å². The van der Waals surface area contributed by atoms with Crippen molar-refractivity contribution in [3.05, 3.63) is 35.4 Å². The SMILES string of the molecule is Cc1ccc(C(CNS(=O)(=O)N(C)C)N2CCCC2)cc1. The number of aryl methyl sites for hydroxylation is 1. The minimum Gasteiger partial charge on any atom is -0.295 e. The quantitative estimate of drug-likeness (QED) is 0.867. The van der Waals surface area contributed by atoms with Crippen LogP contribution in [-0.2, 0) is 10.2 Å². The molecular weight excluding hydrogens is 286 g/mol. The maximum Gasteiger partial charge on any atom is 0.278 e. The van der Waals surface area contributed by atoms with Gasteiger partial charge in [-0.1, -0.05) is 29.8 Å². The van der Waals surface area contributed by atoms with Crippen LogP contribution in [0.3, 0.4) is 0 Å². The Hall–Kier alpha value is -0.950. The number of hydrogen-bond acceptors (Lipinski definition) is 3. The summed E-state index contributed by atoms with van der Waals surface area (Å²) >= 11 is 0. The van der Waals surface area contributed by atoms with Crippen molar-refractivity contribution >= 4 is 10.2 Å². The number of likely N-dealkylation sites (tertiary alicyclic amines) is 1. The van der Waals surface area contributed by atoms with Gasteiger partial charge >= 0.3 is 0 Å². The summed E-state index contributed by atoms with van der Waals surface area (Å²) in [5.41, 5.74) is 2.39. The third-order valence-electron chi connectivity index (χ3n) is 3.98. The van der Waals surface area contributed by atoms with Crippen LogP contribution in [0.4, 0.5) is 0 Å². The Kier molecular flexibility index (Phi) is 5.37. The molecule has 0 saturated carbocycles. The van der Waals surface area contributed by atoms with Gasteiger partial charge in [-0.05, 0) is 38.4 Å². The average molecular weight is 311 g/mol. The number of benzene rings is 1. The Morgan fingerprint density at radius 2 is 1.76 bits per heavy atom. The summed E-state index contributed by atoms with van der Waals surface area (Å²) in [6.45, 7) is 4.53. The summed E-state index contributed by atoms with van der Waals surface area (Å²) in [5, 5.41) is 0. The lowest BCUT2D eigenvalue weighted by Crippen LogP contribution is -2.41. The molecule has 0 aromatic heterocycles. The van der Waals surface area contributed by atoms with Gasteiger partial charge in [-0.15, -0.1) is 0 Å². The molecule has 5 nitrogen and oxygen atoms in total. The van der Waals surface area contributed by atoms with E-state index in [2.05, 4.69) is 40.8 Å². The third-order valence-corrected chi connectivity index (χ3v) is 5.48. The van der Waals surface area contributed by atoms with Crippen molar-refractivity contribution in [1.29, 1.82) is 0 Å². The summed E-state index contributed by atoms with van der Waals surface area (Å²) in [6, 6.07) is 8.46. The standard InChI is InChI=1S/C15H25N3O2S/c1-13-6-8-14(9-7-13)15(18-10-4-5-11-18)12-16-21(19,20)17(2)3/h6-9,15-16H,4-5,10-12H2,1-3H3. The van der Waals surface area contributed by atoms with Crippen molar-refractivity contribution in [1.82, 2.24) is 13.9 Å². The van der Waals surface area contributed by atoms with Gasteiger partial charge in [-0.2, -0.15) is 12.7 Å². The molecule has 1 aliphatic rings. The fraction of sp³-hybridized carbons (Fsp3) is 0.600. The number of hydrogen-bond donors (Lipinski definition) is 1. The van der Waals surface area contributed by atoms with Crippen LogP contribution in [0.2, 0.25) is 0 Å². The van der Waals surface area contributed by atoms with Gasteiger partial charge in [0.1, 0.15) is 0 Å². The van der Waals surface area contributed by atoms with Crippen LogP contribution in [0.15, 0.2) is 24.3 Å². The Morgan fingerprint density at radius 1 is 1.19 bits per heavy atom. The Morgan fingerprint density at radius 3 is 2.29 bits per heavy atom. The zero-order valence-electron chi connectivity index (χ0n) is 13.0. The predicted octanol–water partition coefficient (Wildman–Crippen LogP) is 1.53. The van der Waals surface area contributed by atoms with Gasteiger partial charge in [0.05, 0.1) is 0 Å². The van der Waals surface area contributed by atoms with Crippen LogP contribution in [-0.4, -0.2) is 51.4 Å². The molecule has 1 unspecified atom stereocenters. The summed E-state index contributed by atoms with van der Waals surface area (Å²) in [7, 11) is -0.301. The zero-order chi connectivity index (χ0) is 15.5. The van der Waals surface area contributed by atoms with E-state index in [1.54, 1.807) is 14.1 Å². The highest BCUT2D eigenvalue weighted by molar-refractivity contribution is 7.87. The molecule has 1 aromatic carbocycles. The van der Waals surface area contributed by atoms with Gasteiger partial charge in [0.25, 0.3) is 10.2 Å². The van der Waals surface area contributed by atoms with Crippen molar-refractivity contribution in [2.24, 2.45) is 0 Å². The van der Waals surface area contributed by atoms with Crippen LogP contribution in [0.1, 0.15) is 30.0 Å². The van der Waals surface area contributed by atoms with Gasteiger partial charge in [0, 0.05) is 26.7 Å². The molecule has 6 heteroatoms. The molecule has 2 rings (SSSR count). The fourth-order valence-corrected chi connectivity index (χ4v) is 3.24. The summed E-state index contributed by atoms with van der Waals surface area (Å²) in [5.74, 6) is 0. The molecule has 1 heterocycles. The van der Waals surface area contributed by atoms with Gasteiger partial charge in [-0.3, -0.25) is 4.90 Å². The molecule has 118 valence electrons. The van der Waals surface area contributed by atoms with Crippen molar-refractivity contribution in [3.8, 4) is 0 Å². The second-order valence-corrected chi connectivity index (χ2v) is 7.77. The molecule has 1 aliphatic heterocycles. The highest BCUT2D eigenvalue weighted by Gasteiger charge is 2.25. The predicted molar refractivity (Wildman–Crippen MR) is 85.3 cm³/mol. The molecule has 1 fully saturated rings. The van der Waals surface area contributed by atoms with E-state index in [0.29, 0.717) is 6.54 Å². The van der Waals surface area contributed by atoms with Gasteiger partial charge in [-0.25, -0.2) is 4.72 Å². The van der Waals surface area contributed by atoms with Crippen molar-refractivity contribution < 1.29 is 8.42 Å². The van der Waals surface area contributed by atoms with Crippen LogP contribution in [0.5, 0.6) is 0 Å². The molecule has 0 radical (unpaired) electrons. The Balaban J connectivity index is 2.15. The molecule has 1 N–H and O–H groups in total. The molecule has 0 aliphatic carbocycles. The number of nitrogens with zero attached hydrogens (tertiary/aromatic N) is 2.